The Bertz CT molecular complexity index is 531. The summed E-state index contributed by atoms with van der Waals surface area (Å²) < 4.78 is 27.7. The molecule has 1 heterocycles. The van der Waals surface area contributed by atoms with Crippen LogP contribution in [-0.4, -0.2) is 27.0 Å². The zero-order chi connectivity index (χ0) is 14.8. The van der Waals surface area contributed by atoms with Crippen LogP contribution in [0.15, 0.2) is 16.3 Å². The third-order valence-corrected chi connectivity index (χ3v) is 6.68. The molecule has 6 heteroatoms. The van der Waals surface area contributed by atoms with Crippen molar-refractivity contribution in [3.05, 3.63) is 17.0 Å². The van der Waals surface area contributed by atoms with Crippen LogP contribution in [0.3, 0.4) is 0 Å². The van der Waals surface area contributed by atoms with E-state index >= 15 is 0 Å². The minimum atomic E-state index is -3.32. The molecule has 0 unspecified atom stereocenters. The van der Waals surface area contributed by atoms with Crippen molar-refractivity contribution in [1.82, 2.24) is 10.0 Å². The summed E-state index contributed by atoms with van der Waals surface area (Å²) in [6.07, 6.45) is 2.78. The van der Waals surface area contributed by atoms with E-state index in [1.54, 1.807) is 6.07 Å². The number of hydrogen-bond donors (Lipinski definition) is 2. The maximum Gasteiger partial charge on any atom is 0.250 e. The van der Waals surface area contributed by atoms with Crippen LogP contribution in [-0.2, 0) is 16.4 Å². The van der Waals surface area contributed by atoms with Crippen LogP contribution in [0, 0.1) is 5.92 Å². The fourth-order valence-electron chi connectivity index (χ4n) is 2.40. The first-order valence-corrected chi connectivity index (χ1v) is 9.51. The van der Waals surface area contributed by atoms with Crippen LogP contribution in [0.4, 0.5) is 0 Å². The minimum Gasteiger partial charge on any atom is -0.314 e. The SMILES string of the molecule is CC1CC(NS(=O)(=O)c2ccc(CCNC(C)C)s2)C1. The molecule has 1 fully saturated rings. The summed E-state index contributed by atoms with van der Waals surface area (Å²) in [5.41, 5.74) is 0. The van der Waals surface area contributed by atoms with Crippen LogP contribution >= 0.6 is 11.3 Å². The third kappa shape index (κ3) is 4.28. The molecule has 1 aromatic heterocycles. The molecule has 0 spiro atoms. The van der Waals surface area contributed by atoms with Gasteiger partial charge in [-0.25, -0.2) is 13.1 Å². The van der Waals surface area contributed by atoms with E-state index in [4.69, 9.17) is 0 Å². The molecule has 0 atom stereocenters. The molecular formula is C14H24N2O2S2. The molecule has 20 heavy (non-hydrogen) atoms. The van der Waals surface area contributed by atoms with Gasteiger partial charge in [0.05, 0.1) is 0 Å². The highest BCUT2D eigenvalue weighted by Gasteiger charge is 2.30. The second-order valence-electron chi connectivity index (χ2n) is 5.97. The summed E-state index contributed by atoms with van der Waals surface area (Å²) >= 11 is 1.38. The van der Waals surface area contributed by atoms with E-state index in [9.17, 15) is 8.42 Å². The lowest BCUT2D eigenvalue weighted by Gasteiger charge is -2.32. The molecule has 1 aliphatic rings. The zero-order valence-electron chi connectivity index (χ0n) is 12.3. The summed E-state index contributed by atoms with van der Waals surface area (Å²) in [4.78, 5) is 1.11. The van der Waals surface area contributed by atoms with Crippen molar-refractivity contribution in [3.8, 4) is 0 Å². The minimum absolute atomic E-state index is 0.128. The van der Waals surface area contributed by atoms with Crippen LogP contribution in [0.1, 0.15) is 38.5 Å². The van der Waals surface area contributed by atoms with Gasteiger partial charge in [0.15, 0.2) is 0 Å². The predicted molar refractivity (Wildman–Crippen MR) is 83.7 cm³/mol. The van der Waals surface area contributed by atoms with Gasteiger partial charge in [0, 0.05) is 23.5 Å². The highest BCUT2D eigenvalue weighted by molar-refractivity contribution is 7.91. The largest absolute Gasteiger partial charge is 0.314 e. The standard InChI is InChI=1S/C14H24N2O2S2/c1-10(2)15-7-6-13-4-5-14(19-13)20(17,18)16-12-8-11(3)9-12/h4-5,10-12,15-16H,6-9H2,1-3H3. The van der Waals surface area contributed by atoms with E-state index in [1.165, 1.54) is 11.3 Å². The maximum absolute atomic E-state index is 12.2. The monoisotopic (exact) mass is 316 g/mol. The van der Waals surface area contributed by atoms with Crippen LogP contribution in [0.2, 0.25) is 0 Å². The van der Waals surface area contributed by atoms with E-state index < -0.39 is 10.0 Å². The molecule has 0 aliphatic heterocycles. The Morgan fingerprint density at radius 2 is 2.05 bits per heavy atom. The topological polar surface area (TPSA) is 58.2 Å². The fourth-order valence-corrected chi connectivity index (χ4v) is 5.03. The maximum atomic E-state index is 12.2. The molecule has 2 rings (SSSR count). The Balaban J connectivity index is 1.90. The second kappa shape index (κ2) is 6.56. The normalized spacial score (nSPS) is 23.0. The van der Waals surface area contributed by atoms with Gasteiger partial charge in [-0.15, -0.1) is 11.3 Å². The first kappa shape index (κ1) is 15.9. The molecule has 0 saturated heterocycles. The lowest BCUT2D eigenvalue weighted by atomic mass is 9.83. The quantitative estimate of drug-likeness (QED) is 0.812. The Hall–Kier alpha value is -0.430. The van der Waals surface area contributed by atoms with Crippen molar-refractivity contribution in [3.63, 3.8) is 0 Å². The van der Waals surface area contributed by atoms with E-state index in [0.717, 1.165) is 30.7 Å². The van der Waals surface area contributed by atoms with Gasteiger partial charge in [-0.05, 0) is 37.3 Å². The smallest absolute Gasteiger partial charge is 0.250 e. The number of rotatable bonds is 7. The highest BCUT2D eigenvalue weighted by Crippen LogP contribution is 2.29. The lowest BCUT2D eigenvalue weighted by Crippen LogP contribution is -2.43. The summed E-state index contributed by atoms with van der Waals surface area (Å²) in [6.45, 7) is 7.24. The third-order valence-electron chi connectivity index (χ3n) is 3.52. The van der Waals surface area contributed by atoms with Crippen molar-refractivity contribution in [2.24, 2.45) is 5.92 Å². The van der Waals surface area contributed by atoms with E-state index in [0.29, 0.717) is 16.2 Å². The summed E-state index contributed by atoms with van der Waals surface area (Å²) in [6, 6.07) is 4.23. The molecule has 0 aromatic carbocycles. The van der Waals surface area contributed by atoms with Crippen LogP contribution in [0.5, 0.6) is 0 Å². The van der Waals surface area contributed by atoms with Crippen molar-refractivity contribution < 1.29 is 8.42 Å². The van der Waals surface area contributed by atoms with Crippen LogP contribution in [0.25, 0.3) is 0 Å². The van der Waals surface area contributed by atoms with Gasteiger partial charge in [0.25, 0.3) is 0 Å². The number of sulfonamides is 1. The van der Waals surface area contributed by atoms with Gasteiger partial charge >= 0.3 is 0 Å². The van der Waals surface area contributed by atoms with Gasteiger partial charge in [0.1, 0.15) is 4.21 Å². The molecule has 0 bridgehead atoms. The van der Waals surface area contributed by atoms with Crippen LogP contribution < -0.4 is 10.0 Å². The second-order valence-corrected chi connectivity index (χ2v) is 9.08. The first-order valence-electron chi connectivity index (χ1n) is 7.21. The van der Waals surface area contributed by atoms with Gasteiger partial charge in [-0.3, -0.25) is 0 Å². The summed E-state index contributed by atoms with van der Waals surface area (Å²) in [5, 5.41) is 3.34. The molecule has 1 aromatic rings. The lowest BCUT2D eigenvalue weighted by molar-refractivity contribution is 0.270. The molecule has 2 N–H and O–H groups in total. The van der Waals surface area contributed by atoms with E-state index in [1.807, 2.05) is 6.07 Å². The molecule has 1 saturated carbocycles. The van der Waals surface area contributed by atoms with Gasteiger partial charge in [-0.1, -0.05) is 20.8 Å². The highest BCUT2D eigenvalue weighted by atomic mass is 32.2. The van der Waals surface area contributed by atoms with Crippen molar-refractivity contribution >= 4 is 21.4 Å². The van der Waals surface area contributed by atoms with E-state index in [-0.39, 0.29) is 6.04 Å². The summed E-state index contributed by atoms with van der Waals surface area (Å²) in [7, 11) is -3.32. The average molecular weight is 316 g/mol. The molecule has 1 aliphatic carbocycles. The van der Waals surface area contributed by atoms with E-state index in [2.05, 4.69) is 30.8 Å². The predicted octanol–water partition coefficient (Wildman–Crippen LogP) is 2.37. The fraction of sp³-hybridized carbons (Fsp3) is 0.714. The van der Waals surface area contributed by atoms with Crippen molar-refractivity contribution in [2.45, 2.75) is 56.3 Å². The Morgan fingerprint density at radius 1 is 1.35 bits per heavy atom. The molecule has 0 amide bonds. The Morgan fingerprint density at radius 3 is 2.65 bits per heavy atom. The van der Waals surface area contributed by atoms with Crippen molar-refractivity contribution in [2.75, 3.05) is 6.54 Å². The summed E-state index contributed by atoms with van der Waals surface area (Å²) in [5.74, 6) is 0.642. The molecule has 114 valence electrons. The molecule has 4 nitrogen and oxygen atoms in total. The number of hydrogen-bond acceptors (Lipinski definition) is 4. The number of thiophene rings is 1. The molecule has 0 radical (unpaired) electrons. The average Bonchev–Trinajstić information content (AvgIpc) is 2.75. The molecular weight excluding hydrogens is 292 g/mol. The number of nitrogens with one attached hydrogen (secondary N) is 2. The van der Waals surface area contributed by atoms with Gasteiger partial charge < -0.3 is 5.32 Å². The first-order chi connectivity index (χ1) is 9.37. The van der Waals surface area contributed by atoms with Gasteiger partial charge in [-0.2, -0.15) is 0 Å². The Kier molecular flexibility index (Phi) is 5.23. The Labute approximate surface area is 126 Å². The zero-order valence-corrected chi connectivity index (χ0v) is 14.0. The van der Waals surface area contributed by atoms with Crippen molar-refractivity contribution in [1.29, 1.82) is 0 Å². The van der Waals surface area contributed by atoms with Gasteiger partial charge in [0.2, 0.25) is 10.0 Å².